The summed E-state index contributed by atoms with van der Waals surface area (Å²) in [5.74, 6) is 0. The van der Waals surface area contributed by atoms with E-state index in [0.717, 1.165) is 6.42 Å². The molecule has 0 aromatic carbocycles. The summed E-state index contributed by atoms with van der Waals surface area (Å²) in [6.07, 6.45) is 4.61. The Labute approximate surface area is 76.3 Å². The number of hydrogen-bond donors (Lipinski definition) is 1. The second kappa shape index (κ2) is 3.39. The van der Waals surface area contributed by atoms with Gasteiger partial charge in [-0.3, -0.25) is 0 Å². The van der Waals surface area contributed by atoms with E-state index in [1.807, 2.05) is 0 Å². The van der Waals surface area contributed by atoms with Crippen LogP contribution < -0.4 is 0 Å². The fourth-order valence-corrected chi connectivity index (χ4v) is 2.95. The van der Waals surface area contributed by atoms with Gasteiger partial charge in [-0.2, -0.15) is 0 Å². The Kier molecular flexibility index (Phi) is 2.98. The third-order valence-electron chi connectivity index (χ3n) is 2.70. The van der Waals surface area contributed by atoms with E-state index in [1.54, 1.807) is 0 Å². The predicted octanol–water partition coefficient (Wildman–Crippen LogP) is 2.36. The molecule has 1 aliphatic rings. The molecule has 10 heavy (non-hydrogen) atoms. The van der Waals surface area contributed by atoms with Gasteiger partial charge < -0.3 is 5.11 Å². The molecule has 2 heteroatoms. The summed E-state index contributed by atoms with van der Waals surface area (Å²) in [4.78, 5) is 0. The first kappa shape index (κ1) is 8.78. The minimum atomic E-state index is -0.0257. The van der Waals surface area contributed by atoms with E-state index in [0.29, 0.717) is 0 Å². The van der Waals surface area contributed by atoms with Gasteiger partial charge >= 0.3 is 0 Å². The summed E-state index contributed by atoms with van der Waals surface area (Å²) in [6, 6.07) is 0. The Morgan fingerprint density at radius 3 is 2.80 bits per heavy atom. The first-order valence-electron chi connectivity index (χ1n) is 3.93. The van der Waals surface area contributed by atoms with Gasteiger partial charge in [0.15, 0.2) is 0 Å². The van der Waals surface area contributed by atoms with Crippen molar-refractivity contribution in [1.29, 1.82) is 0 Å². The predicted molar refractivity (Wildman–Crippen MR) is 51.5 cm³/mol. The van der Waals surface area contributed by atoms with Gasteiger partial charge in [0.1, 0.15) is 0 Å². The zero-order valence-corrected chi connectivity index (χ0v) is 8.60. The molecule has 0 aromatic heterocycles. The van der Waals surface area contributed by atoms with Gasteiger partial charge in [-0.05, 0) is 24.7 Å². The summed E-state index contributed by atoms with van der Waals surface area (Å²) >= 11 is 2.39. The van der Waals surface area contributed by atoms with Crippen molar-refractivity contribution < 1.29 is 5.11 Å². The van der Waals surface area contributed by atoms with Crippen molar-refractivity contribution >= 4 is 22.6 Å². The highest BCUT2D eigenvalue weighted by Crippen LogP contribution is 2.40. The summed E-state index contributed by atoms with van der Waals surface area (Å²) in [7, 11) is 0. The normalized spacial score (nSPS) is 40.5. The van der Waals surface area contributed by atoms with Crippen molar-refractivity contribution in [2.24, 2.45) is 5.41 Å². The van der Waals surface area contributed by atoms with Gasteiger partial charge in [-0.25, -0.2) is 0 Å². The zero-order chi connectivity index (χ0) is 7.61. The standard InChI is InChI=1S/C8H15IO/c1-8(5-6-9)4-2-3-7(8)10/h7,10H,2-6H2,1H3/t7?,8-/m1/s1. The highest BCUT2D eigenvalue weighted by Gasteiger charge is 2.36. The molecule has 0 aromatic rings. The minimum absolute atomic E-state index is 0.0257. The van der Waals surface area contributed by atoms with Crippen molar-refractivity contribution in [1.82, 2.24) is 0 Å². The molecule has 60 valence electrons. The van der Waals surface area contributed by atoms with Crippen molar-refractivity contribution in [2.45, 2.75) is 38.7 Å². The molecule has 0 spiro atoms. The fraction of sp³-hybridized carbons (Fsp3) is 1.00. The molecule has 1 unspecified atom stereocenters. The zero-order valence-electron chi connectivity index (χ0n) is 6.44. The van der Waals surface area contributed by atoms with Gasteiger partial charge in [-0.15, -0.1) is 0 Å². The molecule has 1 N–H and O–H groups in total. The molecule has 0 amide bonds. The first-order chi connectivity index (χ1) is 4.69. The molecule has 1 fully saturated rings. The highest BCUT2D eigenvalue weighted by molar-refractivity contribution is 14.1. The summed E-state index contributed by atoms with van der Waals surface area (Å²) in [5, 5.41) is 9.58. The number of aliphatic hydroxyl groups is 1. The van der Waals surface area contributed by atoms with E-state index in [9.17, 15) is 5.11 Å². The van der Waals surface area contributed by atoms with Crippen LogP contribution in [0.25, 0.3) is 0 Å². The van der Waals surface area contributed by atoms with Crippen LogP contribution in [0.4, 0.5) is 0 Å². The van der Waals surface area contributed by atoms with Gasteiger partial charge in [0.25, 0.3) is 0 Å². The average molecular weight is 254 g/mol. The number of aliphatic hydroxyl groups excluding tert-OH is 1. The molecular formula is C8H15IO. The molecule has 0 aliphatic heterocycles. The van der Waals surface area contributed by atoms with E-state index in [-0.39, 0.29) is 11.5 Å². The number of alkyl halides is 1. The lowest BCUT2D eigenvalue weighted by Gasteiger charge is -2.26. The van der Waals surface area contributed by atoms with E-state index in [2.05, 4.69) is 29.5 Å². The fourth-order valence-electron chi connectivity index (χ4n) is 1.72. The number of hydrogen-bond acceptors (Lipinski definition) is 1. The SMILES string of the molecule is C[C@]1(CCI)CCCC1O. The van der Waals surface area contributed by atoms with Crippen molar-refractivity contribution in [3.63, 3.8) is 0 Å². The van der Waals surface area contributed by atoms with Crippen LogP contribution in [-0.4, -0.2) is 15.6 Å². The van der Waals surface area contributed by atoms with E-state index >= 15 is 0 Å². The second-order valence-electron chi connectivity index (χ2n) is 3.50. The lowest BCUT2D eigenvalue weighted by Crippen LogP contribution is -2.26. The van der Waals surface area contributed by atoms with Crippen molar-refractivity contribution in [3.8, 4) is 0 Å². The monoisotopic (exact) mass is 254 g/mol. The number of halogens is 1. The topological polar surface area (TPSA) is 20.2 Å². The minimum Gasteiger partial charge on any atom is -0.393 e. The molecular weight excluding hydrogens is 239 g/mol. The molecule has 1 rings (SSSR count). The van der Waals surface area contributed by atoms with Crippen LogP contribution in [0.2, 0.25) is 0 Å². The van der Waals surface area contributed by atoms with Crippen LogP contribution in [0.15, 0.2) is 0 Å². The molecule has 2 atom stereocenters. The largest absolute Gasteiger partial charge is 0.393 e. The Morgan fingerprint density at radius 1 is 1.70 bits per heavy atom. The van der Waals surface area contributed by atoms with Crippen molar-refractivity contribution in [2.75, 3.05) is 4.43 Å². The molecule has 1 aliphatic carbocycles. The summed E-state index contributed by atoms with van der Waals surface area (Å²) in [5.41, 5.74) is 0.251. The Bertz CT molecular complexity index is 116. The van der Waals surface area contributed by atoms with Crippen LogP contribution >= 0.6 is 22.6 Å². The van der Waals surface area contributed by atoms with Gasteiger partial charge in [0.2, 0.25) is 0 Å². The van der Waals surface area contributed by atoms with E-state index in [1.165, 1.54) is 23.7 Å². The Hall–Kier alpha value is 0.690. The van der Waals surface area contributed by atoms with Crippen molar-refractivity contribution in [3.05, 3.63) is 0 Å². The van der Waals surface area contributed by atoms with Crippen LogP contribution in [-0.2, 0) is 0 Å². The van der Waals surface area contributed by atoms with Crippen LogP contribution in [0.1, 0.15) is 32.6 Å². The maximum absolute atomic E-state index is 9.58. The van der Waals surface area contributed by atoms with Gasteiger partial charge in [0, 0.05) is 4.43 Å². The second-order valence-corrected chi connectivity index (χ2v) is 4.58. The maximum atomic E-state index is 9.58. The molecule has 1 saturated carbocycles. The molecule has 0 bridgehead atoms. The van der Waals surface area contributed by atoms with Gasteiger partial charge in [-0.1, -0.05) is 35.9 Å². The Balaban J connectivity index is 2.48. The van der Waals surface area contributed by atoms with E-state index < -0.39 is 0 Å². The van der Waals surface area contributed by atoms with Gasteiger partial charge in [0.05, 0.1) is 6.10 Å². The molecule has 0 radical (unpaired) electrons. The van der Waals surface area contributed by atoms with Crippen LogP contribution in [0.5, 0.6) is 0 Å². The summed E-state index contributed by atoms with van der Waals surface area (Å²) in [6.45, 7) is 2.21. The molecule has 0 heterocycles. The summed E-state index contributed by atoms with van der Waals surface area (Å²) < 4.78 is 1.17. The lowest BCUT2D eigenvalue weighted by molar-refractivity contribution is 0.0648. The quantitative estimate of drug-likeness (QED) is 0.592. The Morgan fingerprint density at radius 2 is 2.40 bits per heavy atom. The highest BCUT2D eigenvalue weighted by atomic mass is 127. The number of rotatable bonds is 2. The van der Waals surface area contributed by atoms with E-state index in [4.69, 9.17) is 0 Å². The average Bonchev–Trinajstić information content (AvgIpc) is 2.15. The molecule has 0 saturated heterocycles. The molecule has 1 nitrogen and oxygen atoms in total. The third-order valence-corrected chi connectivity index (χ3v) is 3.23. The third kappa shape index (κ3) is 1.64. The smallest absolute Gasteiger partial charge is 0.0594 e. The first-order valence-corrected chi connectivity index (χ1v) is 5.46. The lowest BCUT2D eigenvalue weighted by atomic mass is 9.84. The van der Waals surface area contributed by atoms with Crippen LogP contribution in [0, 0.1) is 5.41 Å². The van der Waals surface area contributed by atoms with Crippen LogP contribution in [0.3, 0.4) is 0 Å². The maximum Gasteiger partial charge on any atom is 0.0594 e.